The fourth-order valence-corrected chi connectivity index (χ4v) is 1.88. The van der Waals surface area contributed by atoms with Gasteiger partial charge in [0.2, 0.25) is 0 Å². The first-order valence-electron chi connectivity index (χ1n) is 4.90. The van der Waals surface area contributed by atoms with Crippen molar-refractivity contribution in [2.24, 2.45) is 4.99 Å². The number of benzene rings is 2. The van der Waals surface area contributed by atoms with Gasteiger partial charge in [-0.05, 0) is 17.7 Å². The van der Waals surface area contributed by atoms with Gasteiger partial charge in [0.1, 0.15) is 0 Å². The maximum atomic E-state index is 6.01. The second-order valence-electron chi connectivity index (χ2n) is 3.39. The summed E-state index contributed by atoms with van der Waals surface area (Å²) in [6.07, 6.45) is 1.73. The van der Waals surface area contributed by atoms with Gasteiger partial charge in [0, 0.05) is 6.21 Å². The van der Waals surface area contributed by atoms with Gasteiger partial charge in [-0.1, -0.05) is 65.1 Å². The maximum absolute atomic E-state index is 6.01. The molecule has 0 heterocycles. The topological polar surface area (TPSA) is 12.4 Å². The molecule has 0 aromatic heterocycles. The van der Waals surface area contributed by atoms with Gasteiger partial charge in [-0.2, -0.15) is 0 Å². The molecule has 0 aliphatic carbocycles. The minimum absolute atomic E-state index is 0.426. The number of hydrogen-bond donors (Lipinski definition) is 0. The molecule has 2 aromatic carbocycles. The molecule has 0 atom stereocenters. The normalized spacial score (nSPS) is 11.0. The quantitative estimate of drug-likeness (QED) is 0.517. The van der Waals surface area contributed by atoms with Gasteiger partial charge in [-0.25, -0.2) is 0 Å². The van der Waals surface area contributed by atoms with E-state index in [2.05, 4.69) is 4.99 Å². The Hall–Kier alpha value is -1.02. The maximum Gasteiger partial charge on any atom is 0.0831 e. The van der Waals surface area contributed by atoms with Crippen LogP contribution in [0.3, 0.4) is 0 Å². The van der Waals surface area contributed by atoms with E-state index in [0.29, 0.717) is 20.8 Å². The molecule has 0 radical (unpaired) electrons. The highest BCUT2D eigenvalue weighted by molar-refractivity contribution is 6.43. The van der Waals surface area contributed by atoms with Gasteiger partial charge in [0.05, 0.1) is 20.8 Å². The van der Waals surface area contributed by atoms with E-state index >= 15 is 0 Å². The molecule has 2 aromatic rings. The minimum atomic E-state index is 0.426. The highest BCUT2D eigenvalue weighted by Gasteiger charge is 2.04. The van der Waals surface area contributed by atoms with Crippen LogP contribution in [0.5, 0.6) is 0 Å². The van der Waals surface area contributed by atoms with Crippen molar-refractivity contribution in [2.75, 3.05) is 0 Å². The SMILES string of the molecule is Clc1cc(Cl)c(N=Cc2ccccc2)cc1Cl. The lowest BCUT2D eigenvalue weighted by atomic mass is 10.2. The van der Waals surface area contributed by atoms with Crippen LogP contribution in [0.25, 0.3) is 0 Å². The summed E-state index contributed by atoms with van der Waals surface area (Å²) < 4.78 is 0. The Labute approximate surface area is 115 Å². The van der Waals surface area contributed by atoms with E-state index in [4.69, 9.17) is 34.8 Å². The molecule has 0 aliphatic rings. The zero-order valence-electron chi connectivity index (χ0n) is 8.70. The lowest BCUT2D eigenvalue weighted by molar-refractivity contribution is 1.52. The second-order valence-corrected chi connectivity index (χ2v) is 4.61. The minimum Gasteiger partial charge on any atom is -0.255 e. The summed E-state index contributed by atoms with van der Waals surface area (Å²) in [5.41, 5.74) is 1.60. The number of rotatable bonds is 2. The first kappa shape index (κ1) is 12.4. The molecular formula is C13H8Cl3N. The van der Waals surface area contributed by atoms with Crippen LogP contribution in [0.15, 0.2) is 47.5 Å². The van der Waals surface area contributed by atoms with E-state index in [0.717, 1.165) is 5.56 Å². The standard InChI is InChI=1S/C13H8Cl3N/c14-10-6-12(16)13(7-11(10)15)17-8-9-4-2-1-3-5-9/h1-8H. The van der Waals surface area contributed by atoms with Crippen LogP contribution in [-0.4, -0.2) is 6.21 Å². The van der Waals surface area contributed by atoms with E-state index in [1.807, 2.05) is 30.3 Å². The Morgan fingerprint density at radius 3 is 2.18 bits per heavy atom. The molecule has 17 heavy (non-hydrogen) atoms. The number of halogens is 3. The van der Waals surface area contributed by atoms with Crippen LogP contribution < -0.4 is 0 Å². The molecule has 86 valence electrons. The van der Waals surface area contributed by atoms with Crippen LogP contribution in [0, 0.1) is 0 Å². The van der Waals surface area contributed by atoms with E-state index in [1.54, 1.807) is 18.3 Å². The Morgan fingerprint density at radius 2 is 1.47 bits per heavy atom. The Bertz CT molecular complexity index is 550. The zero-order chi connectivity index (χ0) is 12.3. The van der Waals surface area contributed by atoms with Gasteiger partial charge >= 0.3 is 0 Å². The fourth-order valence-electron chi connectivity index (χ4n) is 1.29. The molecule has 0 aliphatic heterocycles. The Morgan fingerprint density at radius 1 is 0.824 bits per heavy atom. The van der Waals surface area contributed by atoms with Gasteiger partial charge < -0.3 is 0 Å². The molecular weight excluding hydrogens is 277 g/mol. The summed E-state index contributed by atoms with van der Waals surface area (Å²) in [6.45, 7) is 0. The predicted octanol–water partition coefficient (Wildman–Crippen LogP) is 5.40. The fraction of sp³-hybridized carbons (Fsp3) is 0. The molecule has 0 N–H and O–H groups in total. The summed E-state index contributed by atoms with van der Waals surface area (Å²) in [4.78, 5) is 4.28. The van der Waals surface area contributed by atoms with Crippen molar-refractivity contribution in [3.63, 3.8) is 0 Å². The monoisotopic (exact) mass is 283 g/mol. The van der Waals surface area contributed by atoms with Crippen LogP contribution in [0.1, 0.15) is 5.56 Å². The van der Waals surface area contributed by atoms with Crippen LogP contribution in [-0.2, 0) is 0 Å². The van der Waals surface area contributed by atoms with Crippen molar-refractivity contribution in [3.05, 3.63) is 63.1 Å². The van der Waals surface area contributed by atoms with Crippen molar-refractivity contribution in [2.45, 2.75) is 0 Å². The molecule has 0 fully saturated rings. The number of nitrogens with zero attached hydrogens (tertiary/aromatic N) is 1. The highest BCUT2D eigenvalue weighted by atomic mass is 35.5. The van der Waals surface area contributed by atoms with Gasteiger partial charge in [0.25, 0.3) is 0 Å². The van der Waals surface area contributed by atoms with Crippen molar-refractivity contribution >= 4 is 46.7 Å². The third-order valence-electron chi connectivity index (χ3n) is 2.14. The summed E-state index contributed by atoms with van der Waals surface area (Å²) in [5.74, 6) is 0. The van der Waals surface area contributed by atoms with E-state index in [-0.39, 0.29) is 0 Å². The Balaban J connectivity index is 2.31. The molecule has 2 rings (SSSR count). The first-order valence-corrected chi connectivity index (χ1v) is 6.04. The molecule has 0 saturated carbocycles. The average molecular weight is 285 g/mol. The summed E-state index contributed by atoms with van der Waals surface area (Å²) in [5, 5.41) is 1.35. The lowest BCUT2D eigenvalue weighted by Gasteiger charge is -2.01. The molecule has 0 saturated heterocycles. The van der Waals surface area contributed by atoms with Gasteiger partial charge in [-0.3, -0.25) is 4.99 Å². The molecule has 0 amide bonds. The van der Waals surface area contributed by atoms with Crippen LogP contribution in [0.4, 0.5) is 5.69 Å². The molecule has 1 nitrogen and oxygen atoms in total. The van der Waals surface area contributed by atoms with E-state index in [1.165, 1.54) is 0 Å². The molecule has 0 spiro atoms. The summed E-state index contributed by atoms with van der Waals surface area (Å²) in [6, 6.07) is 13.0. The van der Waals surface area contributed by atoms with Crippen molar-refractivity contribution in [1.29, 1.82) is 0 Å². The van der Waals surface area contributed by atoms with Gasteiger partial charge in [-0.15, -0.1) is 0 Å². The third-order valence-corrected chi connectivity index (χ3v) is 3.17. The summed E-state index contributed by atoms with van der Waals surface area (Å²) in [7, 11) is 0. The second kappa shape index (κ2) is 5.54. The molecule has 0 unspecified atom stereocenters. The van der Waals surface area contributed by atoms with Crippen molar-refractivity contribution < 1.29 is 0 Å². The third kappa shape index (κ3) is 3.22. The van der Waals surface area contributed by atoms with Crippen molar-refractivity contribution in [3.8, 4) is 0 Å². The molecule has 4 heteroatoms. The predicted molar refractivity (Wildman–Crippen MR) is 75.2 cm³/mol. The van der Waals surface area contributed by atoms with Crippen LogP contribution >= 0.6 is 34.8 Å². The average Bonchev–Trinajstić information content (AvgIpc) is 2.33. The smallest absolute Gasteiger partial charge is 0.0831 e. The lowest BCUT2D eigenvalue weighted by Crippen LogP contribution is -1.79. The number of aliphatic imine (C=N–C) groups is 1. The van der Waals surface area contributed by atoms with E-state index in [9.17, 15) is 0 Å². The number of hydrogen-bond acceptors (Lipinski definition) is 1. The van der Waals surface area contributed by atoms with E-state index < -0.39 is 0 Å². The van der Waals surface area contributed by atoms with Crippen molar-refractivity contribution in [1.82, 2.24) is 0 Å². The first-order chi connectivity index (χ1) is 8.16. The van der Waals surface area contributed by atoms with Crippen LogP contribution in [0.2, 0.25) is 15.1 Å². The zero-order valence-corrected chi connectivity index (χ0v) is 11.0. The largest absolute Gasteiger partial charge is 0.255 e. The summed E-state index contributed by atoms with van der Waals surface area (Å²) >= 11 is 17.7. The Kier molecular flexibility index (Phi) is 4.06. The highest BCUT2D eigenvalue weighted by Crippen LogP contribution is 2.33. The van der Waals surface area contributed by atoms with Gasteiger partial charge in [0.15, 0.2) is 0 Å². The molecule has 0 bridgehead atoms.